The maximum absolute atomic E-state index is 12.1. The quantitative estimate of drug-likeness (QED) is 0.903. The first kappa shape index (κ1) is 15.5. The molecule has 0 aromatic heterocycles. The standard InChI is InChI=1S/C15H20Cl2N2O/c16-12-6-5-7-13(17)15(12)18-9-8-14(20)19-10-3-1-2-4-11-19/h5-7,18H,1-4,8-11H2. The Balaban J connectivity index is 1.81. The summed E-state index contributed by atoms with van der Waals surface area (Å²) in [6, 6.07) is 5.37. The van der Waals surface area contributed by atoms with Gasteiger partial charge in [0.2, 0.25) is 5.91 Å². The van der Waals surface area contributed by atoms with E-state index in [1.807, 2.05) is 4.90 Å². The zero-order valence-corrected chi connectivity index (χ0v) is 13.0. The summed E-state index contributed by atoms with van der Waals surface area (Å²) in [6.07, 6.45) is 5.18. The van der Waals surface area contributed by atoms with Crippen molar-refractivity contribution < 1.29 is 4.79 Å². The number of para-hydroxylation sites is 1. The van der Waals surface area contributed by atoms with Crippen LogP contribution in [0.25, 0.3) is 0 Å². The summed E-state index contributed by atoms with van der Waals surface area (Å²) in [4.78, 5) is 14.1. The van der Waals surface area contributed by atoms with Crippen molar-refractivity contribution in [1.82, 2.24) is 4.90 Å². The second-order valence-electron chi connectivity index (χ2n) is 5.07. The Kier molecular flexibility index (Phi) is 5.99. The summed E-state index contributed by atoms with van der Waals surface area (Å²) >= 11 is 12.1. The van der Waals surface area contributed by atoms with Gasteiger partial charge in [-0.25, -0.2) is 0 Å². The summed E-state index contributed by atoms with van der Waals surface area (Å²) in [6.45, 7) is 2.34. The van der Waals surface area contributed by atoms with Crippen molar-refractivity contribution in [3.63, 3.8) is 0 Å². The highest BCUT2D eigenvalue weighted by molar-refractivity contribution is 6.39. The van der Waals surface area contributed by atoms with Gasteiger partial charge in [-0.15, -0.1) is 0 Å². The molecule has 0 unspecified atom stereocenters. The Morgan fingerprint density at radius 3 is 2.30 bits per heavy atom. The monoisotopic (exact) mass is 314 g/mol. The zero-order chi connectivity index (χ0) is 14.4. The van der Waals surface area contributed by atoms with Gasteiger partial charge < -0.3 is 10.2 Å². The van der Waals surface area contributed by atoms with Gasteiger partial charge in [0.05, 0.1) is 15.7 Å². The number of nitrogens with one attached hydrogen (secondary N) is 1. The van der Waals surface area contributed by atoms with Crippen molar-refractivity contribution in [2.45, 2.75) is 32.1 Å². The van der Waals surface area contributed by atoms with Crippen LogP contribution in [0, 0.1) is 0 Å². The SMILES string of the molecule is O=C(CCNc1c(Cl)cccc1Cl)N1CCCCCC1. The van der Waals surface area contributed by atoms with Gasteiger partial charge in [-0.05, 0) is 25.0 Å². The van der Waals surface area contributed by atoms with Crippen molar-refractivity contribution in [2.24, 2.45) is 0 Å². The first-order chi connectivity index (χ1) is 9.68. The van der Waals surface area contributed by atoms with Crippen LogP contribution in [0.3, 0.4) is 0 Å². The molecule has 3 nitrogen and oxygen atoms in total. The summed E-state index contributed by atoms with van der Waals surface area (Å²) in [5, 5.41) is 4.32. The lowest BCUT2D eigenvalue weighted by atomic mass is 10.2. The largest absolute Gasteiger partial charge is 0.382 e. The fourth-order valence-electron chi connectivity index (χ4n) is 2.44. The minimum Gasteiger partial charge on any atom is -0.382 e. The first-order valence-electron chi connectivity index (χ1n) is 7.14. The van der Waals surface area contributed by atoms with Gasteiger partial charge in [0.1, 0.15) is 0 Å². The smallest absolute Gasteiger partial charge is 0.224 e. The molecule has 20 heavy (non-hydrogen) atoms. The topological polar surface area (TPSA) is 32.3 Å². The third-order valence-corrected chi connectivity index (χ3v) is 4.19. The molecular weight excluding hydrogens is 295 g/mol. The molecule has 1 aliphatic rings. The highest BCUT2D eigenvalue weighted by Crippen LogP contribution is 2.29. The Labute approximate surface area is 130 Å². The summed E-state index contributed by atoms with van der Waals surface area (Å²) in [7, 11) is 0. The van der Waals surface area contributed by atoms with Gasteiger partial charge in [-0.3, -0.25) is 4.79 Å². The van der Waals surface area contributed by atoms with Crippen LogP contribution < -0.4 is 5.32 Å². The number of amides is 1. The van der Waals surface area contributed by atoms with Gasteiger partial charge >= 0.3 is 0 Å². The molecule has 1 N–H and O–H groups in total. The summed E-state index contributed by atoms with van der Waals surface area (Å²) in [5.41, 5.74) is 0.708. The lowest BCUT2D eigenvalue weighted by Crippen LogP contribution is -2.32. The van der Waals surface area contributed by atoms with Crippen LogP contribution >= 0.6 is 23.2 Å². The molecule has 110 valence electrons. The third kappa shape index (κ3) is 4.29. The Hall–Kier alpha value is -0.930. The summed E-state index contributed by atoms with van der Waals surface area (Å²) in [5.74, 6) is 0.211. The molecule has 0 bridgehead atoms. The lowest BCUT2D eigenvalue weighted by molar-refractivity contribution is -0.130. The van der Waals surface area contributed by atoms with Crippen molar-refractivity contribution in [3.8, 4) is 0 Å². The Bertz CT molecular complexity index is 437. The maximum Gasteiger partial charge on any atom is 0.224 e. The number of carbonyl (C=O) groups excluding carboxylic acids is 1. The number of rotatable bonds is 4. The molecule has 0 spiro atoms. The highest BCUT2D eigenvalue weighted by atomic mass is 35.5. The fourth-order valence-corrected chi connectivity index (χ4v) is 2.97. The molecule has 0 aliphatic carbocycles. The van der Waals surface area contributed by atoms with Gasteiger partial charge in [-0.1, -0.05) is 42.1 Å². The number of halogens is 2. The van der Waals surface area contributed by atoms with E-state index in [9.17, 15) is 4.79 Å². The molecule has 1 saturated heterocycles. The Morgan fingerprint density at radius 1 is 1.10 bits per heavy atom. The minimum absolute atomic E-state index is 0.211. The van der Waals surface area contributed by atoms with Gasteiger partial charge in [0.15, 0.2) is 0 Å². The molecule has 1 amide bonds. The molecule has 0 atom stereocenters. The minimum atomic E-state index is 0.211. The molecule has 2 rings (SSSR count). The Morgan fingerprint density at radius 2 is 1.70 bits per heavy atom. The van der Waals surface area contributed by atoms with Crippen molar-refractivity contribution in [1.29, 1.82) is 0 Å². The van der Waals surface area contributed by atoms with E-state index in [4.69, 9.17) is 23.2 Å². The number of hydrogen-bond donors (Lipinski definition) is 1. The van der Waals surface area contributed by atoms with E-state index in [0.717, 1.165) is 25.9 Å². The molecule has 1 fully saturated rings. The molecule has 1 aromatic rings. The average Bonchev–Trinajstić information content (AvgIpc) is 2.71. The molecule has 0 saturated carbocycles. The number of benzene rings is 1. The third-order valence-electron chi connectivity index (χ3n) is 3.56. The number of hydrogen-bond acceptors (Lipinski definition) is 2. The molecule has 1 aromatic carbocycles. The number of likely N-dealkylation sites (tertiary alicyclic amines) is 1. The van der Waals surface area contributed by atoms with Crippen LogP contribution in [0.4, 0.5) is 5.69 Å². The van der Waals surface area contributed by atoms with Crippen LogP contribution in [0.15, 0.2) is 18.2 Å². The van der Waals surface area contributed by atoms with E-state index < -0.39 is 0 Å². The van der Waals surface area contributed by atoms with Gasteiger partial charge in [0, 0.05) is 26.1 Å². The van der Waals surface area contributed by atoms with E-state index in [-0.39, 0.29) is 5.91 Å². The first-order valence-corrected chi connectivity index (χ1v) is 7.90. The average molecular weight is 315 g/mol. The van der Waals surface area contributed by atoms with Crippen molar-refractivity contribution in [2.75, 3.05) is 25.0 Å². The fraction of sp³-hybridized carbons (Fsp3) is 0.533. The van der Waals surface area contributed by atoms with E-state index in [0.29, 0.717) is 28.7 Å². The lowest BCUT2D eigenvalue weighted by Gasteiger charge is -2.20. The van der Waals surface area contributed by atoms with Crippen molar-refractivity contribution >= 4 is 34.8 Å². The van der Waals surface area contributed by atoms with E-state index in [1.165, 1.54) is 12.8 Å². The highest BCUT2D eigenvalue weighted by Gasteiger charge is 2.15. The molecule has 5 heteroatoms. The zero-order valence-electron chi connectivity index (χ0n) is 11.5. The number of anilines is 1. The van der Waals surface area contributed by atoms with Crippen molar-refractivity contribution in [3.05, 3.63) is 28.2 Å². The van der Waals surface area contributed by atoms with E-state index in [2.05, 4.69) is 5.32 Å². The maximum atomic E-state index is 12.1. The second kappa shape index (κ2) is 7.75. The second-order valence-corrected chi connectivity index (χ2v) is 5.88. The van der Waals surface area contributed by atoms with Crippen LogP contribution in [0.1, 0.15) is 32.1 Å². The summed E-state index contributed by atoms with van der Waals surface area (Å²) < 4.78 is 0. The molecule has 1 aliphatic heterocycles. The predicted molar refractivity (Wildman–Crippen MR) is 84.6 cm³/mol. The number of nitrogens with zero attached hydrogens (tertiary/aromatic N) is 1. The van der Waals surface area contributed by atoms with Crippen LogP contribution in [-0.4, -0.2) is 30.4 Å². The van der Waals surface area contributed by atoms with Gasteiger partial charge in [-0.2, -0.15) is 0 Å². The van der Waals surface area contributed by atoms with Crippen LogP contribution in [-0.2, 0) is 4.79 Å². The van der Waals surface area contributed by atoms with Crippen LogP contribution in [0.5, 0.6) is 0 Å². The normalized spacial score (nSPS) is 15.8. The van der Waals surface area contributed by atoms with Crippen LogP contribution in [0.2, 0.25) is 10.0 Å². The molecule has 0 radical (unpaired) electrons. The van der Waals surface area contributed by atoms with Gasteiger partial charge in [0.25, 0.3) is 0 Å². The van der Waals surface area contributed by atoms with E-state index >= 15 is 0 Å². The predicted octanol–water partition coefficient (Wildman–Crippen LogP) is 4.20. The molecule has 1 heterocycles. The number of carbonyl (C=O) groups is 1. The molecular formula is C15H20Cl2N2O. The van der Waals surface area contributed by atoms with E-state index in [1.54, 1.807) is 18.2 Å².